The molecule has 274 valence electrons. The van der Waals surface area contributed by atoms with Gasteiger partial charge in [0, 0.05) is 44.9 Å². The van der Waals surface area contributed by atoms with Crippen LogP contribution in [0.4, 0.5) is 11.5 Å². The van der Waals surface area contributed by atoms with Crippen LogP contribution in [0.1, 0.15) is 36.8 Å². The Morgan fingerprint density at radius 1 is 0.963 bits per heavy atom. The van der Waals surface area contributed by atoms with E-state index in [-0.39, 0.29) is 35.8 Å². The number of phenols is 1. The van der Waals surface area contributed by atoms with Gasteiger partial charge in [-0.05, 0) is 92.1 Å². The molecule has 2 aliphatic carbocycles. The summed E-state index contributed by atoms with van der Waals surface area (Å²) in [6.07, 6.45) is 2.51. The first-order chi connectivity index (χ1) is 25.8. The molecule has 2 aromatic heterocycles. The topological polar surface area (TPSA) is 122 Å². The summed E-state index contributed by atoms with van der Waals surface area (Å²) in [4.78, 5) is 61.9. The minimum atomic E-state index is -1.30. The summed E-state index contributed by atoms with van der Waals surface area (Å²) in [7, 11) is 3.21. The number of nitrogens with zero attached hydrogens (tertiary/aromatic N) is 4. The van der Waals surface area contributed by atoms with Crippen molar-refractivity contribution in [2.24, 2.45) is 36.1 Å². The lowest BCUT2D eigenvalue weighted by Crippen LogP contribution is -2.49. The number of ether oxygens (including phenoxy) is 1. The Hall–Kier alpha value is -4.78. The molecule has 4 amide bonds. The van der Waals surface area contributed by atoms with Crippen LogP contribution in [0, 0.1) is 36.0 Å². The lowest BCUT2D eigenvalue weighted by Gasteiger charge is -2.49. The number of methoxy groups -OCH3 is 1. The van der Waals surface area contributed by atoms with E-state index in [1.807, 2.05) is 38.1 Å². The van der Waals surface area contributed by atoms with Gasteiger partial charge in [0.2, 0.25) is 23.6 Å². The van der Waals surface area contributed by atoms with Crippen molar-refractivity contribution in [1.82, 2.24) is 9.78 Å². The zero-order valence-corrected chi connectivity index (χ0v) is 32.8. The number of halogens is 2. The van der Waals surface area contributed by atoms with Crippen LogP contribution in [-0.2, 0) is 26.2 Å². The number of carbonyl (C=O) groups is 4. The summed E-state index contributed by atoms with van der Waals surface area (Å²) < 4.78 is 9.23. The molecule has 9 rings (SSSR count). The molecule has 0 radical (unpaired) electrons. The quantitative estimate of drug-likeness (QED) is 0.140. The second kappa shape index (κ2) is 12.4. The number of benzene rings is 3. The van der Waals surface area contributed by atoms with E-state index < -0.39 is 35.0 Å². The summed E-state index contributed by atoms with van der Waals surface area (Å²) in [5, 5.41) is 16.9. The van der Waals surface area contributed by atoms with E-state index >= 15 is 4.79 Å². The van der Waals surface area contributed by atoms with Gasteiger partial charge in [-0.3, -0.25) is 28.8 Å². The van der Waals surface area contributed by atoms with Gasteiger partial charge in [-0.2, -0.15) is 5.10 Å². The first-order valence-corrected chi connectivity index (χ1v) is 19.6. The normalized spacial score (nSPS) is 26.3. The third-order valence-corrected chi connectivity index (χ3v) is 14.2. The van der Waals surface area contributed by atoms with Gasteiger partial charge in [-0.15, -0.1) is 11.3 Å². The van der Waals surface area contributed by atoms with E-state index in [1.54, 1.807) is 65.5 Å². The number of aromatic nitrogens is 2. The molecule has 1 N–H and O–H groups in total. The number of thiophene rings is 1. The molecule has 54 heavy (non-hydrogen) atoms. The number of hydrogen-bond acceptors (Lipinski definition) is 8. The summed E-state index contributed by atoms with van der Waals surface area (Å²) in [5.41, 5.74) is 2.26. The first kappa shape index (κ1) is 35.0. The predicted molar refractivity (Wildman–Crippen MR) is 210 cm³/mol. The Morgan fingerprint density at radius 3 is 2.46 bits per heavy atom. The highest BCUT2D eigenvalue weighted by atomic mass is 79.9. The Bertz CT molecular complexity index is 2510. The number of phenolic OH excluding ortho intramolecular Hbond substituents is 1. The van der Waals surface area contributed by atoms with Crippen LogP contribution in [0.3, 0.4) is 0 Å². The molecule has 0 unspecified atom stereocenters. The summed E-state index contributed by atoms with van der Waals surface area (Å²) in [5.74, 6) is -4.06. The van der Waals surface area contributed by atoms with E-state index in [1.165, 1.54) is 23.0 Å². The maximum atomic E-state index is 15.2. The van der Waals surface area contributed by atoms with Crippen molar-refractivity contribution < 1.29 is 29.0 Å². The number of aryl methyl sites for hydroxylation is 2. The number of fused-ring (bicyclic) bond motifs is 5. The molecular formula is C41H34BrClN4O6S. The van der Waals surface area contributed by atoms with Crippen LogP contribution in [0.25, 0.3) is 20.7 Å². The van der Waals surface area contributed by atoms with Crippen molar-refractivity contribution >= 4 is 84.1 Å². The molecule has 3 aromatic carbocycles. The SMILES string of the molecule is COc1cc(O)ccc1[C@H]1C2=CC[C@@H]3C(=O)N(c4ccc(Br)cc4)C(=O)[C@@H]3[C@@H]2C[C@H]2C(=O)N(c3cc(-c4sc5ccc(Cl)cc5c4C)nn3C)C(=O)[C@@]12C. The van der Waals surface area contributed by atoms with Gasteiger partial charge in [0.1, 0.15) is 23.0 Å². The molecular weight excluding hydrogens is 792 g/mol. The molecule has 0 bridgehead atoms. The minimum absolute atomic E-state index is 0.0132. The molecule has 1 saturated carbocycles. The van der Waals surface area contributed by atoms with E-state index in [9.17, 15) is 19.5 Å². The molecule has 3 fully saturated rings. The summed E-state index contributed by atoms with van der Waals surface area (Å²) in [6.45, 7) is 3.83. The number of anilines is 2. The Kier molecular flexibility index (Phi) is 8.01. The van der Waals surface area contributed by atoms with E-state index in [0.717, 1.165) is 30.6 Å². The van der Waals surface area contributed by atoms with Crippen molar-refractivity contribution in [1.29, 1.82) is 0 Å². The molecule has 4 heterocycles. The molecule has 0 spiro atoms. The van der Waals surface area contributed by atoms with Crippen LogP contribution >= 0.6 is 38.9 Å². The summed E-state index contributed by atoms with van der Waals surface area (Å²) >= 11 is 11.3. The summed E-state index contributed by atoms with van der Waals surface area (Å²) in [6, 6.07) is 19.3. The molecule has 4 aliphatic rings. The van der Waals surface area contributed by atoms with Crippen LogP contribution in [0.2, 0.25) is 5.02 Å². The standard InChI is InChI=1S/C41H34BrClN4O6S/c1-19-27-15-21(43)7-14-32(27)54-36(19)30-18-33(45(3)44-30)47-38(50)29-17-28-24(35(41(29,2)40(47)52)25-11-10-23(48)16-31(25)53-4)12-13-26-34(28)39(51)46(37(26)49)22-8-5-20(42)6-9-22/h5-12,14-16,18,26,28-29,34-35,48H,13,17H2,1-4H3/t26-,28+,29-,34-,35+,41+/m0/s1. The fourth-order valence-corrected chi connectivity index (χ4v) is 11.2. The maximum absolute atomic E-state index is 15.2. The molecule has 2 aliphatic heterocycles. The van der Waals surface area contributed by atoms with Gasteiger partial charge in [0.05, 0.1) is 40.8 Å². The number of imide groups is 2. The minimum Gasteiger partial charge on any atom is -0.508 e. The largest absolute Gasteiger partial charge is 0.508 e. The average molecular weight is 826 g/mol. The fraction of sp³-hybridized carbons (Fsp3) is 0.293. The highest BCUT2D eigenvalue weighted by molar-refractivity contribution is 9.10. The Labute approximate surface area is 328 Å². The van der Waals surface area contributed by atoms with Gasteiger partial charge in [-0.25, -0.2) is 4.90 Å². The van der Waals surface area contributed by atoms with E-state index in [4.69, 9.17) is 21.4 Å². The lowest BCUT2D eigenvalue weighted by atomic mass is 9.51. The third kappa shape index (κ3) is 4.85. The second-order valence-corrected chi connectivity index (χ2v) is 17.2. The van der Waals surface area contributed by atoms with Crippen molar-refractivity contribution in [2.75, 3.05) is 16.9 Å². The molecule has 5 aromatic rings. The molecule has 2 saturated heterocycles. The maximum Gasteiger partial charge on any atom is 0.242 e. The van der Waals surface area contributed by atoms with Crippen LogP contribution < -0.4 is 14.5 Å². The van der Waals surface area contributed by atoms with E-state index in [2.05, 4.69) is 15.9 Å². The smallest absolute Gasteiger partial charge is 0.242 e. The monoisotopic (exact) mass is 824 g/mol. The van der Waals surface area contributed by atoms with Gasteiger partial charge < -0.3 is 9.84 Å². The Morgan fingerprint density at radius 2 is 1.72 bits per heavy atom. The molecule has 13 heteroatoms. The number of carbonyl (C=O) groups excluding carboxylic acids is 4. The van der Waals surface area contributed by atoms with Crippen molar-refractivity contribution in [3.8, 4) is 22.1 Å². The Balaban J connectivity index is 1.16. The highest BCUT2D eigenvalue weighted by Gasteiger charge is 2.68. The van der Waals surface area contributed by atoms with Crippen LogP contribution in [0.5, 0.6) is 11.5 Å². The first-order valence-electron chi connectivity index (χ1n) is 17.6. The second-order valence-electron chi connectivity index (χ2n) is 14.8. The van der Waals surface area contributed by atoms with Gasteiger partial charge in [-0.1, -0.05) is 45.2 Å². The lowest BCUT2D eigenvalue weighted by molar-refractivity contribution is -0.131. The number of rotatable bonds is 5. The van der Waals surface area contributed by atoms with Crippen molar-refractivity contribution in [3.63, 3.8) is 0 Å². The zero-order valence-electron chi connectivity index (χ0n) is 29.7. The fourth-order valence-electron chi connectivity index (χ4n) is 9.58. The van der Waals surface area contributed by atoms with Crippen molar-refractivity contribution in [2.45, 2.75) is 32.6 Å². The van der Waals surface area contributed by atoms with Gasteiger partial charge in [0.25, 0.3) is 0 Å². The van der Waals surface area contributed by atoms with Crippen LogP contribution in [0.15, 0.2) is 82.9 Å². The number of amides is 4. The predicted octanol–water partition coefficient (Wildman–Crippen LogP) is 8.18. The van der Waals surface area contributed by atoms with Gasteiger partial charge in [0.15, 0.2) is 0 Å². The van der Waals surface area contributed by atoms with E-state index in [0.29, 0.717) is 40.0 Å². The number of aromatic hydroxyl groups is 1. The molecule has 6 atom stereocenters. The number of hydrogen-bond donors (Lipinski definition) is 1. The molecule has 10 nitrogen and oxygen atoms in total. The van der Waals surface area contributed by atoms with Gasteiger partial charge >= 0.3 is 0 Å². The zero-order chi connectivity index (χ0) is 38.0. The average Bonchev–Trinajstić information content (AvgIpc) is 3.82. The van der Waals surface area contributed by atoms with Crippen LogP contribution in [-0.4, -0.2) is 45.6 Å². The van der Waals surface area contributed by atoms with Crippen molar-refractivity contribution in [3.05, 3.63) is 99.0 Å². The third-order valence-electron chi connectivity index (χ3n) is 12.1. The highest BCUT2D eigenvalue weighted by Crippen LogP contribution is 2.64. The number of allylic oxidation sites excluding steroid dienone is 2.